The van der Waals surface area contributed by atoms with Gasteiger partial charge in [-0.25, -0.2) is 9.13 Å². The minimum atomic E-state index is -4.96. The van der Waals surface area contributed by atoms with Crippen LogP contribution in [-0.4, -0.2) is 96.7 Å². The maximum absolute atomic E-state index is 13.1. The standard InChI is InChI=1S/C75H146O17P2/c1-7-9-11-13-15-17-19-20-26-30-33-39-45-51-57-72(77)85-63-70(91-75(80)60-54-48-41-35-31-27-24-22-21-23-25-29-32-37-43-49-55-67(3)4)65-89-93(81,82)87-61-69(76)62-88-94(83,84)90-66-71(64-86-73(78)58-52-46-42-36-38-44-50-56-68(5)6)92-74(79)59-53-47-40-34-28-18-16-14-12-10-8-2/h67-71,76H,7-66H2,1-6H3,(H,81,82)(H,83,84)/t69-,70-,71-/m1/s1. The van der Waals surface area contributed by atoms with Gasteiger partial charge in [-0.2, -0.15) is 0 Å². The summed E-state index contributed by atoms with van der Waals surface area (Å²) < 4.78 is 68.5. The molecular weight excluding hydrogens is 1230 g/mol. The van der Waals surface area contributed by atoms with Crippen LogP contribution in [0, 0.1) is 11.8 Å². The maximum atomic E-state index is 13.1. The molecule has 0 rings (SSSR count). The molecule has 0 aromatic heterocycles. The molecule has 19 heteroatoms. The Kier molecular flexibility index (Phi) is 65.5. The summed E-state index contributed by atoms with van der Waals surface area (Å²) in [6.07, 6.45) is 54.1. The Morgan fingerprint density at radius 3 is 0.723 bits per heavy atom. The van der Waals surface area contributed by atoms with E-state index in [1.165, 1.54) is 199 Å². The molecule has 0 aromatic carbocycles. The van der Waals surface area contributed by atoms with Gasteiger partial charge in [0.15, 0.2) is 12.2 Å². The highest BCUT2D eigenvalue weighted by atomic mass is 31.2. The van der Waals surface area contributed by atoms with Gasteiger partial charge in [0.2, 0.25) is 0 Å². The molecule has 2 unspecified atom stereocenters. The van der Waals surface area contributed by atoms with Gasteiger partial charge in [-0.3, -0.25) is 37.3 Å². The lowest BCUT2D eigenvalue weighted by atomic mass is 10.0. The summed E-state index contributed by atoms with van der Waals surface area (Å²) >= 11 is 0. The number of hydrogen-bond donors (Lipinski definition) is 3. The van der Waals surface area contributed by atoms with Gasteiger partial charge in [0.25, 0.3) is 0 Å². The lowest BCUT2D eigenvalue weighted by molar-refractivity contribution is -0.161. The van der Waals surface area contributed by atoms with Crippen molar-refractivity contribution in [2.75, 3.05) is 39.6 Å². The first-order chi connectivity index (χ1) is 45.4. The molecule has 0 saturated heterocycles. The quantitative estimate of drug-likeness (QED) is 0.0222. The minimum absolute atomic E-state index is 0.106. The number of carbonyl (C=O) groups excluding carboxylic acids is 4. The number of aliphatic hydroxyl groups excluding tert-OH is 1. The van der Waals surface area contributed by atoms with Gasteiger partial charge in [-0.1, -0.05) is 337 Å². The second-order valence-corrected chi connectivity index (χ2v) is 30.9. The molecule has 0 heterocycles. The average molecular weight is 1380 g/mol. The van der Waals surface area contributed by atoms with Gasteiger partial charge in [0.05, 0.1) is 26.4 Å². The van der Waals surface area contributed by atoms with Crippen molar-refractivity contribution in [1.82, 2.24) is 0 Å². The fourth-order valence-electron chi connectivity index (χ4n) is 11.5. The molecule has 0 fully saturated rings. The number of carbonyl (C=O) groups is 4. The van der Waals surface area contributed by atoms with Crippen LogP contribution in [0.25, 0.3) is 0 Å². The molecule has 0 spiro atoms. The second kappa shape index (κ2) is 66.9. The third-order valence-electron chi connectivity index (χ3n) is 17.5. The van der Waals surface area contributed by atoms with Gasteiger partial charge in [0.1, 0.15) is 19.3 Å². The van der Waals surface area contributed by atoms with Crippen molar-refractivity contribution in [3.63, 3.8) is 0 Å². The fraction of sp³-hybridized carbons (Fsp3) is 0.947. The van der Waals surface area contributed by atoms with Crippen LogP contribution in [0.15, 0.2) is 0 Å². The van der Waals surface area contributed by atoms with E-state index in [0.29, 0.717) is 31.6 Å². The highest BCUT2D eigenvalue weighted by Crippen LogP contribution is 2.45. The fourth-order valence-corrected chi connectivity index (χ4v) is 13.1. The van der Waals surface area contributed by atoms with Gasteiger partial charge in [-0.15, -0.1) is 0 Å². The van der Waals surface area contributed by atoms with Crippen molar-refractivity contribution >= 4 is 39.5 Å². The molecular formula is C75H146O17P2. The van der Waals surface area contributed by atoms with E-state index in [-0.39, 0.29) is 25.7 Å². The van der Waals surface area contributed by atoms with E-state index in [4.69, 9.17) is 37.0 Å². The first kappa shape index (κ1) is 92.1. The van der Waals surface area contributed by atoms with E-state index in [2.05, 4.69) is 41.5 Å². The zero-order valence-electron chi connectivity index (χ0n) is 61.3. The maximum Gasteiger partial charge on any atom is 0.472 e. The predicted molar refractivity (Wildman–Crippen MR) is 381 cm³/mol. The van der Waals surface area contributed by atoms with Crippen molar-refractivity contribution < 1.29 is 80.2 Å². The molecule has 17 nitrogen and oxygen atoms in total. The number of esters is 4. The van der Waals surface area contributed by atoms with Gasteiger partial charge in [0, 0.05) is 25.7 Å². The average Bonchev–Trinajstić information content (AvgIpc) is 2.19. The Bertz CT molecular complexity index is 1820. The van der Waals surface area contributed by atoms with Gasteiger partial charge in [-0.05, 0) is 37.5 Å². The first-order valence-electron chi connectivity index (χ1n) is 39.0. The van der Waals surface area contributed by atoms with Crippen LogP contribution >= 0.6 is 15.6 Å². The molecule has 0 aliphatic carbocycles. The molecule has 0 saturated carbocycles. The molecule has 0 aliphatic rings. The Balaban J connectivity index is 5.22. The Morgan fingerprint density at radius 1 is 0.287 bits per heavy atom. The predicted octanol–water partition coefficient (Wildman–Crippen LogP) is 21.9. The number of unbranched alkanes of at least 4 members (excludes halogenated alkanes) is 44. The Labute approximate surface area is 575 Å². The summed E-state index contributed by atoms with van der Waals surface area (Å²) in [4.78, 5) is 72.7. The van der Waals surface area contributed by atoms with Crippen molar-refractivity contribution in [2.45, 2.75) is 407 Å². The highest BCUT2D eigenvalue weighted by molar-refractivity contribution is 7.47. The normalized spacial score (nSPS) is 14.0. The molecule has 94 heavy (non-hydrogen) atoms. The lowest BCUT2D eigenvalue weighted by Crippen LogP contribution is -2.30. The summed E-state index contributed by atoms with van der Waals surface area (Å²) in [5.74, 6) is -0.602. The van der Waals surface area contributed by atoms with Crippen LogP contribution in [0.1, 0.15) is 388 Å². The summed E-state index contributed by atoms with van der Waals surface area (Å²) in [5.41, 5.74) is 0. The van der Waals surface area contributed by atoms with E-state index in [9.17, 15) is 43.2 Å². The number of rotatable bonds is 74. The third kappa shape index (κ3) is 68.6. The monoisotopic (exact) mass is 1380 g/mol. The third-order valence-corrected chi connectivity index (χ3v) is 19.4. The molecule has 0 aliphatic heterocycles. The second-order valence-electron chi connectivity index (χ2n) is 28.0. The summed E-state index contributed by atoms with van der Waals surface area (Å²) in [7, 11) is -9.91. The summed E-state index contributed by atoms with van der Waals surface area (Å²) in [6, 6.07) is 0. The van der Waals surface area contributed by atoms with Crippen molar-refractivity contribution in [1.29, 1.82) is 0 Å². The zero-order valence-corrected chi connectivity index (χ0v) is 63.1. The van der Waals surface area contributed by atoms with Crippen molar-refractivity contribution in [3.05, 3.63) is 0 Å². The summed E-state index contributed by atoms with van der Waals surface area (Å²) in [5, 5.41) is 10.6. The molecule has 0 amide bonds. The first-order valence-corrected chi connectivity index (χ1v) is 42.0. The molecule has 558 valence electrons. The molecule has 0 aromatic rings. The van der Waals surface area contributed by atoms with Crippen LogP contribution < -0.4 is 0 Å². The number of aliphatic hydroxyl groups is 1. The van der Waals surface area contributed by atoms with Crippen LogP contribution in [0.5, 0.6) is 0 Å². The van der Waals surface area contributed by atoms with Crippen molar-refractivity contribution in [2.24, 2.45) is 11.8 Å². The zero-order chi connectivity index (χ0) is 69.3. The van der Waals surface area contributed by atoms with Gasteiger partial charge >= 0.3 is 39.5 Å². The van der Waals surface area contributed by atoms with E-state index < -0.39 is 97.5 Å². The van der Waals surface area contributed by atoms with Crippen LogP contribution in [0.3, 0.4) is 0 Å². The van der Waals surface area contributed by atoms with E-state index in [0.717, 1.165) is 102 Å². The smallest absolute Gasteiger partial charge is 0.462 e. The largest absolute Gasteiger partial charge is 0.472 e. The number of hydrogen-bond acceptors (Lipinski definition) is 15. The Hall–Kier alpha value is -1.94. The van der Waals surface area contributed by atoms with Crippen LogP contribution in [-0.2, 0) is 65.4 Å². The van der Waals surface area contributed by atoms with E-state index in [1.807, 2.05) is 0 Å². The minimum Gasteiger partial charge on any atom is -0.462 e. The molecule has 0 radical (unpaired) electrons. The topological polar surface area (TPSA) is 237 Å². The Morgan fingerprint density at radius 2 is 0.489 bits per heavy atom. The van der Waals surface area contributed by atoms with E-state index >= 15 is 0 Å². The number of phosphoric acid groups is 2. The van der Waals surface area contributed by atoms with Crippen molar-refractivity contribution in [3.8, 4) is 0 Å². The van der Waals surface area contributed by atoms with E-state index in [1.54, 1.807) is 0 Å². The molecule has 5 atom stereocenters. The molecule has 0 bridgehead atoms. The summed E-state index contributed by atoms with van der Waals surface area (Å²) in [6.45, 7) is 9.56. The van der Waals surface area contributed by atoms with Crippen LogP contribution in [0.2, 0.25) is 0 Å². The highest BCUT2D eigenvalue weighted by Gasteiger charge is 2.30. The lowest BCUT2D eigenvalue weighted by Gasteiger charge is -2.21. The van der Waals surface area contributed by atoms with Gasteiger partial charge < -0.3 is 33.8 Å². The number of ether oxygens (including phenoxy) is 4. The number of phosphoric ester groups is 2. The molecule has 3 N–H and O–H groups in total. The van der Waals surface area contributed by atoms with Crippen LogP contribution in [0.4, 0.5) is 0 Å². The SMILES string of the molecule is CCCCCCCCCCCCCCCCC(=O)OC[C@H](COP(=O)(O)OC[C@@H](O)COP(=O)(O)OC[C@@H](COC(=O)CCCCCCCCCC(C)C)OC(=O)CCCCCCCCCCCCC)OC(=O)CCCCCCCCCCCCCCCCCCC(C)C.